The molecule has 0 aromatic heterocycles. The molecule has 1 unspecified atom stereocenters. The van der Waals surface area contributed by atoms with E-state index in [1.54, 1.807) is 7.11 Å². The minimum absolute atomic E-state index is 0.328. The maximum absolute atomic E-state index is 5.64. The first-order valence-corrected chi connectivity index (χ1v) is 7.60. The summed E-state index contributed by atoms with van der Waals surface area (Å²) < 4.78 is 11.1. The Morgan fingerprint density at radius 1 is 1.20 bits per heavy atom. The van der Waals surface area contributed by atoms with Crippen LogP contribution in [0.25, 0.3) is 0 Å². The van der Waals surface area contributed by atoms with Gasteiger partial charge in [-0.15, -0.1) is 0 Å². The first-order valence-electron chi connectivity index (χ1n) is 7.60. The summed E-state index contributed by atoms with van der Waals surface area (Å²) in [6.45, 7) is 11.0. The molecule has 1 aromatic carbocycles. The Labute approximate surface area is 123 Å². The normalized spacial score (nSPS) is 12.4. The van der Waals surface area contributed by atoms with Gasteiger partial charge < -0.3 is 14.8 Å². The first kappa shape index (κ1) is 17.0. The van der Waals surface area contributed by atoms with Crippen molar-refractivity contribution in [3.05, 3.63) is 28.8 Å². The van der Waals surface area contributed by atoms with Crippen molar-refractivity contribution in [1.82, 2.24) is 5.32 Å². The molecule has 0 spiro atoms. The van der Waals surface area contributed by atoms with Gasteiger partial charge in [-0.2, -0.15) is 0 Å². The molecule has 0 saturated carbocycles. The molecule has 1 N–H and O–H groups in total. The predicted octanol–water partition coefficient (Wildman–Crippen LogP) is 3.78. The molecule has 0 aliphatic carbocycles. The zero-order valence-electron chi connectivity index (χ0n) is 13.6. The third-order valence-corrected chi connectivity index (χ3v) is 3.72. The predicted molar refractivity (Wildman–Crippen MR) is 84.6 cm³/mol. The molecule has 1 atom stereocenters. The van der Waals surface area contributed by atoms with Crippen LogP contribution in [0, 0.1) is 13.8 Å². The summed E-state index contributed by atoms with van der Waals surface area (Å²) in [4.78, 5) is 0. The van der Waals surface area contributed by atoms with E-state index < -0.39 is 0 Å². The number of benzene rings is 1. The van der Waals surface area contributed by atoms with Gasteiger partial charge in [0.2, 0.25) is 0 Å². The lowest BCUT2D eigenvalue weighted by atomic mass is 9.96. The standard InChI is InChI=1S/C17H29NO2/c1-6-18-16(9-8-12-20-7-2)15-11-10-13(3)14(4)17(15)19-5/h10-11,16,18H,6-9,12H2,1-5H3. The molecule has 0 aliphatic heterocycles. The fraction of sp³-hybridized carbons (Fsp3) is 0.647. The van der Waals surface area contributed by atoms with Crippen molar-refractivity contribution in [1.29, 1.82) is 0 Å². The number of methoxy groups -OCH3 is 1. The van der Waals surface area contributed by atoms with E-state index in [2.05, 4.69) is 38.2 Å². The van der Waals surface area contributed by atoms with Gasteiger partial charge in [0.05, 0.1) is 7.11 Å². The highest BCUT2D eigenvalue weighted by Gasteiger charge is 2.17. The van der Waals surface area contributed by atoms with Gasteiger partial charge in [0, 0.05) is 24.8 Å². The van der Waals surface area contributed by atoms with Gasteiger partial charge >= 0.3 is 0 Å². The number of ether oxygens (including phenoxy) is 2. The van der Waals surface area contributed by atoms with E-state index in [-0.39, 0.29) is 0 Å². The van der Waals surface area contributed by atoms with Crippen molar-refractivity contribution in [2.24, 2.45) is 0 Å². The number of aryl methyl sites for hydroxylation is 1. The van der Waals surface area contributed by atoms with Gasteiger partial charge in [-0.25, -0.2) is 0 Å². The average molecular weight is 279 g/mol. The Morgan fingerprint density at radius 3 is 2.55 bits per heavy atom. The molecule has 0 bridgehead atoms. The van der Waals surface area contributed by atoms with Crippen molar-refractivity contribution < 1.29 is 9.47 Å². The molecule has 0 saturated heterocycles. The third-order valence-electron chi connectivity index (χ3n) is 3.72. The third kappa shape index (κ3) is 4.50. The Hall–Kier alpha value is -1.06. The fourth-order valence-corrected chi connectivity index (χ4v) is 2.50. The maximum atomic E-state index is 5.64. The van der Waals surface area contributed by atoms with Gasteiger partial charge in [0.25, 0.3) is 0 Å². The zero-order chi connectivity index (χ0) is 15.0. The van der Waals surface area contributed by atoms with Crippen molar-refractivity contribution in [3.63, 3.8) is 0 Å². The molecule has 0 amide bonds. The van der Waals surface area contributed by atoms with Crippen LogP contribution in [0.15, 0.2) is 12.1 Å². The number of rotatable bonds is 9. The highest BCUT2D eigenvalue weighted by atomic mass is 16.5. The van der Waals surface area contributed by atoms with Crippen LogP contribution < -0.4 is 10.1 Å². The molecule has 3 nitrogen and oxygen atoms in total. The zero-order valence-corrected chi connectivity index (χ0v) is 13.6. The summed E-state index contributed by atoms with van der Waals surface area (Å²) in [6, 6.07) is 4.70. The van der Waals surface area contributed by atoms with E-state index in [1.807, 2.05) is 6.92 Å². The smallest absolute Gasteiger partial charge is 0.126 e. The van der Waals surface area contributed by atoms with Crippen molar-refractivity contribution in [2.75, 3.05) is 26.9 Å². The summed E-state index contributed by atoms with van der Waals surface area (Å²) in [5.74, 6) is 1.02. The Balaban J connectivity index is 2.87. The summed E-state index contributed by atoms with van der Waals surface area (Å²) in [7, 11) is 1.76. The van der Waals surface area contributed by atoms with E-state index >= 15 is 0 Å². The first-order chi connectivity index (χ1) is 9.65. The topological polar surface area (TPSA) is 30.5 Å². The van der Waals surface area contributed by atoms with Crippen molar-refractivity contribution in [3.8, 4) is 5.75 Å². The lowest BCUT2D eigenvalue weighted by Gasteiger charge is -2.22. The molecular weight excluding hydrogens is 250 g/mol. The van der Waals surface area contributed by atoms with Crippen LogP contribution in [0.5, 0.6) is 5.75 Å². The van der Waals surface area contributed by atoms with Gasteiger partial charge in [-0.05, 0) is 51.3 Å². The second kappa shape index (κ2) is 8.98. The number of nitrogens with one attached hydrogen (secondary N) is 1. The molecule has 0 radical (unpaired) electrons. The molecule has 3 heteroatoms. The van der Waals surface area contributed by atoms with Gasteiger partial charge in [-0.1, -0.05) is 19.1 Å². The minimum Gasteiger partial charge on any atom is -0.496 e. The van der Waals surface area contributed by atoms with E-state index in [1.165, 1.54) is 16.7 Å². The Morgan fingerprint density at radius 2 is 1.95 bits per heavy atom. The second-order valence-corrected chi connectivity index (χ2v) is 5.08. The summed E-state index contributed by atoms with van der Waals surface area (Å²) in [5.41, 5.74) is 3.77. The highest BCUT2D eigenvalue weighted by molar-refractivity contribution is 5.46. The van der Waals surface area contributed by atoms with Crippen LogP contribution in [0.3, 0.4) is 0 Å². The molecule has 114 valence electrons. The SMILES string of the molecule is CCNC(CCCOCC)c1ccc(C)c(C)c1OC. The second-order valence-electron chi connectivity index (χ2n) is 5.08. The molecule has 0 fully saturated rings. The van der Waals surface area contributed by atoms with E-state index in [4.69, 9.17) is 9.47 Å². The summed E-state index contributed by atoms with van der Waals surface area (Å²) >= 11 is 0. The summed E-state index contributed by atoms with van der Waals surface area (Å²) in [5, 5.41) is 3.56. The average Bonchev–Trinajstić information content (AvgIpc) is 2.45. The maximum Gasteiger partial charge on any atom is 0.126 e. The van der Waals surface area contributed by atoms with Crippen LogP contribution in [-0.2, 0) is 4.74 Å². The molecule has 0 heterocycles. The quantitative estimate of drug-likeness (QED) is 0.698. The van der Waals surface area contributed by atoms with Crippen LogP contribution in [-0.4, -0.2) is 26.9 Å². The van der Waals surface area contributed by atoms with Crippen LogP contribution in [0.2, 0.25) is 0 Å². The largest absolute Gasteiger partial charge is 0.496 e. The molecule has 20 heavy (non-hydrogen) atoms. The summed E-state index contributed by atoms with van der Waals surface area (Å²) in [6.07, 6.45) is 2.12. The van der Waals surface area contributed by atoms with E-state index in [9.17, 15) is 0 Å². The van der Waals surface area contributed by atoms with Gasteiger partial charge in [0.15, 0.2) is 0 Å². The Bertz CT molecular complexity index is 404. The van der Waals surface area contributed by atoms with Crippen LogP contribution in [0.1, 0.15) is 49.4 Å². The minimum atomic E-state index is 0.328. The highest BCUT2D eigenvalue weighted by Crippen LogP contribution is 2.32. The number of hydrogen-bond donors (Lipinski definition) is 1. The van der Waals surface area contributed by atoms with Gasteiger partial charge in [0.1, 0.15) is 5.75 Å². The lowest BCUT2D eigenvalue weighted by molar-refractivity contribution is 0.140. The van der Waals surface area contributed by atoms with Gasteiger partial charge in [-0.3, -0.25) is 0 Å². The molecule has 1 rings (SSSR count). The van der Waals surface area contributed by atoms with Crippen LogP contribution in [0.4, 0.5) is 0 Å². The van der Waals surface area contributed by atoms with Crippen molar-refractivity contribution >= 4 is 0 Å². The molecule has 1 aromatic rings. The van der Waals surface area contributed by atoms with E-state index in [0.29, 0.717) is 6.04 Å². The lowest BCUT2D eigenvalue weighted by Crippen LogP contribution is -2.22. The van der Waals surface area contributed by atoms with E-state index in [0.717, 1.165) is 38.3 Å². The molecular formula is C17H29NO2. The van der Waals surface area contributed by atoms with Crippen LogP contribution >= 0.6 is 0 Å². The van der Waals surface area contributed by atoms with Crippen molar-refractivity contribution in [2.45, 2.75) is 46.6 Å². The fourth-order valence-electron chi connectivity index (χ4n) is 2.50. The molecule has 0 aliphatic rings. The monoisotopic (exact) mass is 279 g/mol. The Kier molecular flexibility index (Phi) is 7.63. The number of hydrogen-bond acceptors (Lipinski definition) is 3.